The Morgan fingerprint density at radius 2 is 1.05 bits per heavy atom. The third-order valence-electron chi connectivity index (χ3n) is 1.21. The van der Waals surface area contributed by atoms with Crippen molar-refractivity contribution in [3.63, 3.8) is 0 Å². The SMILES string of the molecule is C=C[CH2-].C=O.P.[H-].[Rh+3].[c-]1ccccc1.[c-]1ccccc1. The van der Waals surface area contributed by atoms with Gasteiger partial charge in [-0.1, -0.05) is 0 Å². The van der Waals surface area contributed by atoms with Crippen molar-refractivity contribution in [2.24, 2.45) is 0 Å². The normalized spacial score (nSPS) is 5.89. The quantitative estimate of drug-likeness (QED) is 0.393. The van der Waals surface area contributed by atoms with Crippen LogP contribution in [0, 0.1) is 19.1 Å². The second-order valence-electron chi connectivity index (χ2n) is 2.44. The molecule has 2 aromatic rings. The monoisotopic (exact) mass is 363 g/mol. The standard InChI is InChI=1S/2C6H5.C3H5.CH2O.H3P.Rh.H/c2*1-2-4-6-5-3-1;1-3-2;1-2;;;/h2*1-5H;3H,1-2H2;1H2;1H3;;/q3*-1;;;+3;-1. The van der Waals surface area contributed by atoms with Crippen molar-refractivity contribution in [1.82, 2.24) is 0 Å². The Balaban J connectivity index is -0.0000000515. The molecule has 0 heterocycles. The van der Waals surface area contributed by atoms with E-state index >= 15 is 0 Å². The van der Waals surface area contributed by atoms with Crippen molar-refractivity contribution in [2.75, 3.05) is 0 Å². The van der Waals surface area contributed by atoms with Crippen LogP contribution >= 0.6 is 9.90 Å². The zero-order valence-corrected chi connectivity index (χ0v) is 14.0. The van der Waals surface area contributed by atoms with E-state index in [2.05, 4.69) is 25.6 Å². The maximum Gasteiger partial charge on any atom is 3.00 e. The smallest absolute Gasteiger partial charge is 1.00 e. The Bertz CT molecular complexity index is 248. The molecule has 1 nitrogen and oxygen atoms in total. The van der Waals surface area contributed by atoms with Crippen LogP contribution in [0.3, 0.4) is 0 Å². The van der Waals surface area contributed by atoms with Crippen LogP contribution in [0.5, 0.6) is 0 Å². The van der Waals surface area contributed by atoms with E-state index in [1.165, 1.54) is 6.08 Å². The summed E-state index contributed by atoms with van der Waals surface area (Å²) < 4.78 is 0. The average Bonchev–Trinajstić information content (AvgIpc) is 2.46. The van der Waals surface area contributed by atoms with Crippen molar-refractivity contribution < 1.29 is 25.7 Å². The van der Waals surface area contributed by atoms with E-state index in [9.17, 15) is 0 Å². The van der Waals surface area contributed by atoms with Crippen LogP contribution in [-0.4, -0.2) is 6.79 Å². The van der Waals surface area contributed by atoms with Gasteiger partial charge < -0.3 is 6.22 Å². The van der Waals surface area contributed by atoms with Crippen LogP contribution in [0.2, 0.25) is 0 Å². The number of hydrogen-bond acceptors (Lipinski definition) is 1. The maximum absolute atomic E-state index is 8.00. The Kier molecular flexibility index (Phi) is 41.8. The van der Waals surface area contributed by atoms with Crippen LogP contribution in [0.15, 0.2) is 73.3 Å². The predicted molar refractivity (Wildman–Crippen MR) is 85.4 cm³/mol. The van der Waals surface area contributed by atoms with Gasteiger partial charge in [0.2, 0.25) is 0 Å². The summed E-state index contributed by atoms with van der Waals surface area (Å²) in [6.07, 6.45) is 1.50. The first-order chi connectivity index (χ1) is 8.41. The van der Waals surface area contributed by atoms with Gasteiger partial charge in [0.15, 0.2) is 0 Å². The third-order valence-corrected chi connectivity index (χ3v) is 1.21. The zero-order valence-electron chi connectivity index (χ0n) is 11.9. The van der Waals surface area contributed by atoms with Gasteiger partial charge in [0.1, 0.15) is 6.79 Å². The van der Waals surface area contributed by atoms with Crippen LogP contribution in [-0.2, 0) is 24.3 Å². The number of carbonyl (C=O) groups excluding carboxylic acids is 1. The molecule has 3 heteroatoms. The molecule has 0 saturated heterocycles. The molecule has 0 bridgehead atoms. The van der Waals surface area contributed by atoms with Gasteiger partial charge in [0.25, 0.3) is 0 Å². The van der Waals surface area contributed by atoms with E-state index in [-0.39, 0.29) is 30.8 Å². The van der Waals surface area contributed by atoms with E-state index in [0.29, 0.717) is 0 Å². The fraction of sp³-hybridized carbons (Fsp3) is 0. The first-order valence-electron chi connectivity index (χ1n) is 4.93. The van der Waals surface area contributed by atoms with Crippen molar-refractivity contribution in [3.05, 3.63) is 92.4 Å². The molecule has 0 spiro atoms. The zero-order chi connectivity index (χ0) is 13.2. The molecule has 0 aliphatic rings. The van der Waals surface area contributed by atoms with E-state index in [0.717, 1.165) is 0 Å². The van der Waals surface area contributed by atoms with E-state index < -0.39 is 0 Å². The van der Waals surface area contributed by atoms with Gasteiger partial charge >= 0.3 is 19.5 Å². The molecule has 1 atom stereocenters. The third kappa shape index (κ3) is 31.5. The summed E-state index contributed by atoms with van der Waals surface area (Å²) in [5.41, 5.74) is 0. The van der Waals surface area contributed by atoms with Crippen molar-refractivity contribution in [2.45, 2.75) is 0 Å². The largest absolute Gasteiger partial charge is 3.00 e. The van der Waals surface area contributed by atoms with E-state index in [1.807, 2.05) is 67.5 Å². The summed E-state index contributed by atoms with van der Waals surface area (Å²) in [6, 6.07) is 25.0. The molecule has 0 aliphatic carbocycles. The van der Waals surface area contributed by atoms with Gasteiger partial charge in [0, 0.05) is 0 Å². The molecular formula is C16H21OPRh-. The fourth-order valence-electron chi connectivity index (χ4n) is 0.684. The molecule has 2 rings (SSSR count). The molecule has 0 fully saturated rings. The molecule has 0 saturated carbocycles. The maximum atomic E-state index is 8.00. The molecule has 106 valence electrons. The average molecular weight is 363 g/mol. The molecule has 1 unspecified atom stereocenters. The molecular weight excluding hydrogens is 342 g/mol. The minimum atomic E-state index is 0. The van der Waals surface area contributed by atoms with Crippen molar-refractivity contribution >= 4 is 16.7 Å². The number of hydrogen-bond donors (Lipinski definition) is 0. The summed E-state index contributed by atoms with van der Waals surface area (Å²) in [5.74, 6) is 0. The Labute approximate surface area is 135 Å². The minimum absolute atomic E-state index is 0. The molecule has 0 amide bonds. The first kappa shape index (κ1) is 26.4. The molecule has 0 radical (unpaired) electrons. The first-order valence-corrected chi connectivity index (χ1v) is 4.93. The summed E-state index contributed by atoms with van der Waals surface area (Å²) in [6.45, 7) is 8.50. The van der Waals surface area contributed by atoms with Gasteiger partial charge in [-0.05, 0) is 0 Å². The predicted octanol–water partition coefficient (Wildman–Crippen LogP) is 3.96. The molecule has 0 N–H and O–H groups in total. The fourth-order valence-corrected chi connectivity index (χ4v) is 0.684. The van der Waals surface area contributed by atoms with Crippen LogP contribution in [0.4, 0.5) is 0 Å². The van der Waals surface area contributed by atoms with Crippen LogP contribution in [0.1, 0.15) is 1.43 Å². The van der Waals surface area contributed by atoms with Gasteiger partial charge in [0.05, 0.1) is 0 Å². The van der Waals surface area contributed by atoms with E-state index in [4.69, 9.17) is 4.79 Å². The Morgan fingerprint density at radius 3 is 1.11 bits per heavy atom. The molecule has 19 heavy (non-hydrogen) atoms. The summed E-state index contributed by atoms with van der Waals surface area (Å²) in [7, 11) is 0. The summed E-state index contributed by atoms with van der Waals surface area (Å²) >= 11 is 0. The van der Waals surface area contributed by atoms with Gasteiger partial charge in [-0.15, -0.1) is 0 Å². The number of benzene rings is 2. The van der Waals surface area contributed by atoms with Crippen molar-refractivity contribution in [1.29, 1.82) is 0 Å². The number of carbonyl (C=O) groups is 1. The molecule has 0 aliphatic heterocycles. The molecule has 0 aromatic heterocycles. The van der Waals surface area contributed by atoms with E-state index in [1.54, 1.807) is 0 Å². The molecule has 2 aromatic carbocycles. The number of allylic oxidation sites excluding steroid dienone is 1. The van der Waals surface area contributed by atoms with Crippen LogP contribution < -0.4 is 0 Å². The minimum Gasteiger partial charge on any atom is -1.00 e. The van der Waals surface area contributed by atoms with Gasteiger partial charge in [-0.25, -0.2) is 19.6 Å². The Hall–Kier alpha value is -1.23. The second kappa shape index (κ2) is 30.1. The van der Waals surface area contributed by atoms with Gasteiger partial charge in [-0.2, -0.15) is 82.7 Å². The van der Waals surface area contributed by atoms with Crippen LogP contribution in [0.25, 0.3) is 0 Å². The number of rotatable bonds is 0. The van der Waals surface area contributed by atoms with Gasteiger partial charge in [-0.3, -0.25) is 0 Å². The second-order valence-corrected chi connectivity index (χ2v) is 2.44. The Morgan fingerprint density at radius 1 is 0.842 bits per heavy atom. The summed E-state index contributed by atoms with van der Waals surface area (Å²) in [5, 5.41) is 0. The topological polar surface area (TPSA) is 17.1 Å². The van der Waals surface area contributed by atoms with Crippen molar-refractivity contribution in [3.8, 4) is 0 Å². The summed E-state index contributed by atoms with van der Waals surface area (Å²) in [4.78, 5) is 8.00.